The highest BCUT2D eigenvalue weighted by Crippen LogP contribution is 2.32. The van der Waals surface area contributed by atoms with Gasteiger partial charge in [0.1, 0.15) is 17.4 Å². The molecule has 30 heavy (non-hydrogen) atoms. The van der Waals surface area contributed by atoms with Crippen LogP contribution in [-0.2, 0) is 6.42 Å². The summed E-state index contributed by atoms with van der Waals surface area (Å²) in [6.45, 7) is 8.15. The van der Waals surface area contributed by atoms with E-state index < -0.39 is 0 Å². The number of ether oxygens (including phenoxy) is 1. The zero-order chi connectivity index (χ0) is 21.5. The number of aromatic nitrogens is 4. The smallest absolute Gasteiger partial charge is 0.224 e. The molecule has 8 heteroatoms. The van der Waals surface area contributed by atoms with Crippen LogP contribution in [0.5, 0.6) is 11.6 Å². The van der Waals surface area contributed by atoms with Gasteiger partial charge in [-0.15, -0.1) is 0 Å². The van der Waals surface area contributed by atoms with Crippen molar-refractivity contribution in [3.8, 4) is 29.1 Å². The van der Waals surface area contributed by atoms with E-state index in [9.17, 15) is 5.26 Å². The molecule has 0 aliphatic heterocycles. The highest BCUT2D eigenvalue weighted by atomic mass is 16.5. The molecular formula is C22H25N7O. The molecule has 0 saturated carbocycles. The second-order valence-corrected chi connectivity index (χ2v) is 6.66. The summed E-state index contributed by atoms with van der Waals surface area (Å²) in [4.78, 5) is 19.9. The van der Waals surface area contributed by atoms with Gasteiger partial charge in [-0.25, -0.2) is 15.0 Å². The molecule has 0 fully saturated rings. The molecule has 8 nitrogen and oxygen atoms in total. The summed E-state index contributed by atoms with van der Waals surface area (Å²) in [5, 5.41) is 9.33. The summed E-state index contributed by atoms with van der Waals surface area (Å²) in [5.41, 5.74) is 7.71. The first-order chi connectivity index (χ1) is 14.6. The standard InChI is InChI=1S/C22H25N7O/c1-4-29(5-2)20-11-21(28-15(3)27-20)30-19-10-16(12-24)6-7-18(19)22-25-13-17(8-9-23)14-26-22/h6-7,10-11,13-14H,4-5,8-9,23H2,1-3H3. The van der Waals surface area contributed by atoms with Crippen LogP contribution < -0.4 is 15.4 Å². The van der Waals surface area contributed by atoms with E-state index in [4.69, 9.17) is 10.5 Å². The maximum Gasteiger partial charge on any atom is 0.224 e. The van der Waals surface area contributed by atoms with Crippen molar-refractivity contribution >= 4 is 5.82 Å². The van der Waals surface area contributed by atoms with Crippen molar-refractivity contribution in [3.63, 3.8) is 0 Å². The molecule has 2 N–H and O–H groups in total. The highest BCUT2D eigenvalue weighted by molar-refractivity contribution is 5.66. The molecule has 0 bridgehead atoms. The van der Waals surface area contributed by atoms with Crippen LogP contribution in [0.2, 0.25) is 0 Å². The van der Waals surface area contributed by atoms with E-state index in [0.717, 1.165) is 24.5 Å². The Morgan fingerprint density at radius 2 is 1.83 bits per heavy atom. The van der Waals surface area contributed by atoms with Crippen molar-refractivity contribution in [1.82, 2.24) is 19.9 Å². The van der Waals surface area contributed by atoms with Gasteiger partial charge < -0.3 is 15.4 Å². The summed E-state index contributed by atoms with van der Waals surface area (Å²) in [7, 11) is 0. The van der Waals surface area contributed by atoms with E-state index in [-0.39, 0.29) is 0 Å². The van der Waals surface area contributed by atoms with Crippen molar-refractivity contribution in [2.75, 3.05) is 24.5 Å². The van der Waals surface area contributed by atoms with Crippen molar-refractivity contribution in [1.29, 1.82) is 5.26 Å². The first kappa shape index (κ1) is 21.1. The number of hydrogen-bond donors (Lipinski definition) is 1. The van der Waals surface area contributed by atoms with Gasteiger partial charge in [-0.2, -0.15) is 10.2 Å². The quantitative estimate of drug-likeness (QED) is 0.610. The van der Waals surface area contributed by atoms with E-state index in [1.54, 1.807) is 36.7 Å². The number of benzene rings is 1. The van der Waals surface area contributed by atoms with Crippen LogP contribution in [0.1, 0.15) is 30.8 Å². The van der Waals surface area contributed by atoms with Crippen LogP contribution >= 0.6 is 0 Å². The number of nitriles is 1. The summed E-state index contributed by atoms with van der Waals surface area (Å²) in [6, 6.07) is 9.11. The Morgan fingerprint density at radius 1 is 1.10 bits per heavy atom. The Hall–Kier alpha value is -3.57. The van der Waals surface area contributed by atoms with Crippen molar-refractivity contribution in [2.24, 2.45) is 5.73 Å². The van der Waals surface area contributed by atoms with Crippen LogP contribution in [0.25, 0.3) is 11.4 Å². The summed E-state index contributed by atoms with van der Waals surface area (Å²) < 4.78 is 6.12. The maximum absolute atomic E-state index is 9.33. The maximum atomic E-state index is 9.33. The monoisotopic (exact) mass is 403 g/mol. The Bertz CT molecular complexity index is 1040. The van der Waals surface area contributed by atoms with Crippen LogP contribution in [-0.4, -0.2) is 39.6 Å². The zero-order valence-corrected chi connectivity index (χ0v) is 17.5. The minimum absolute atomic E-state index is 0.403. The molecular weight excluding hydrogens is 378 g/mol. The van der Waals surface area contributed by atoms with Crippen LogP contribution in [0.4, 0.5) is 5.82 Å². The number of anilines is 1. The molecule has 0 spiro atoms. The fraction of sp³-hybridized carbons (Fsp3) is 0.318. The molecule has 0 saturated heterocycles. The zero-order valence-electron chi connectivity index (χ0n) is 17.5. The molecule has 0 unspecified atom stereocenters. The molecule has 2 aromatic heterocycles. The second kappa shape index (κ2) is 9.76. The van der Waals surface area contributed by atoms with E-state index in [0.29, 0.717) is 47.4 Å². The lowest BCUT2D eigenvalue weighted by Crippen LogP contribution is -2.23. The van der Waals surface area contributed by atoms with Crippen LogP contribution in [0, 0.1) is 18.3 Å². The van der Waals surface area contributed by atoms with Gasteiger partial charge in [0.05, 0.1) is 17.2 Å². The lowest BCUT2D eigenvalue weighted by Gasteiger charge is -2.20. The average Bonchev–Trinajstić information content (AvgIpc) is 2.75. The lowest BCUT2D eigenvalue weighted by atomic mass is 10.1. The molecule has 3 aromatic rings. The number of aryl methyl sites for hydroxylation is 1. The Kier molecular flexibility index (Phi) is 6.88. The number of nitrogens with zero attached hydrogens (tertiary/aromatic N) is 6. The molecule has 0 aliphatic carbocycles. The molecule has 0 atom stereocenters. The van der Waals surface area contributed by atoms with Gasteiger partial charge in [0, 0.05) is 31.5 Å². The molecule has 0 amide bonds. The minimum Gasteiger partial charge on any atom is -0.438 e. The van der Waals surface area contributed by atoms with Crippen molar-refractivity contribution < 1.29 is 4.74 Å². The SMILES string of the molecule is CCN(CC)c1cc(Oc2cc(C#N)ccc2-c2ncc(CCN)cn2)nc(C)n1. The van der Waals surface area contributed by atoms with Gasteiger partial charge in [-0.3, -0.25) is 0 Å². The van der Waals surface area contributed by atoms with Crippen molar-refractivity contribution in [2.45, 2.75) is 27.2 Å². The second-order valence-electron chi connectivity index (χ2n) is 6.66. The van der Waals surface area contributed by atoms with E-state index in [2.05, 4.69) is 44.8 Å². The highest BCUT2D eigenvalue weighted by Gasteiger charge is 2.14. The summed E-state index contributed by atoms with van der Waals surface area (Å²) in [6.07, 6.45) is 4.22. The Labute approximate surface area is 176 Å². The minimum atomic E-state index is 0.403. The van der Waals surface area contributed by atoms with Gasteiger partial charge in [0.15, 0.2) is 5.82 Å². The third-order valence-electron chi connectivity index (χ3n) is 4.59. The van der Waals surface area contributed by atoms with E-state index in [1.807, 2.05) is 6.92 Å². The van der Waals surface area contributed by atoms with Crippen LogP contribution in [0.3, 0.4) is 0 Å². The van der Waals surface area contributed by atoms with Gasteiger partial charge in [-0.1, -0.05) is 0 Å². The molecule has 0 radical (unpaired) electrons. The number of hydrogen-bond acceptors (Lipinski definition) is 8. The molecule has 1 aromatic carbocycles. The summed E-state index contributed by atoms with van der Waals surface area (Å²) in [5.74, 6) is 2.77. The first-order valence-electron chi connectivity index (χ1n) is 9.91. The Morgan fingerprint density at radius 3 is 2.47 bits per heavy atom. The van der Waals surface area contributed by atoms with E-state index in [1.165, 1.54) is 0 Å². The third-order valence-corrected chi connectivity index (χ3v) is 4.59. The number of nitrogens with two attached hydrogens (primary N) is 1. The normalized spacial score (nSPS) is 10.5. The van der Waals surface area contributed by atoms with Crippen molar-refractivity contribution in [3.05, 3.63) is 53.6 Å². The third kappa shape index (κ3) is 4.88. The molecule has 154 valence electrons. The van der Waals surface area contributed by atoms with Crippen LogP contribution in [0.15, 0.2) is 36.7 Å². The van der Waals surface area contributed by atoms with Gasteiger partial charge >= 0.3 is 0 Å². The lowest BCUT2D eigenvalue weighted by molar-refractivity contribution is 0.460. The Balaban J connectivity index is 2.00. The number of rotatable bonds is 8. The average molecular weight is 403 g/mol. The fourth-order valence-corrected chi connectivity index (χ4v) is 3.05. The van der Waals surface area contributed by atoms with Gasteiger partial charge in [-0.05, 0) is 57.5 Å². The topological polar surface area (TPSA) is 114 Å². The van der Waals surface area contributed by atoms with Gasteiger partial charge in [0.25, 0.3) is 0 Å². The predicted octanol–water partition coefficient (Wildman–Crippen LogP) is 3.25. The predicted molar refractivity (Wildman–Crippen MR) is 115 cm³/mol. The molecule has 0 aliphatic rings. The summed E-state index contributed by atoms with van der Waals surface area (Å²) >= 11 is 0. The van der Waals surface area contributed by atoms with Gasteiger partial charge in [0.2, 0.25) is 5.88 Å². The fourth-order valence-electron chi connectivity index (χ4n) is 3.05. The van der Waals surface area contributed by atoms with E-state index >= 15 is 0 Å². The first-order valence-corrected chi connectivity index (χ1v) is 9.91. The molecule has 2 heterocycles. The molecule has 3 rings (SSSR count). The largest absolute Gasteiger partial charge is 0.438 e.